The van der Waals surface area contributed by atoms with Crippen molar-refractivity contribution < 1.29 is 9.53 Å². The van der Waals surface area contributed by atoms with Gasteiger partial charge in [-0.2, -0.15) is 9.61 Å². The van der Waals surface area contributed by atoms with Crippen molar-refractivity contribution in [2.24, 2.45) is 0 Å². The van der Waals surface area contributed by atoms with Gasteiger partial charge in [-0.25, -0.2) is 9.97 Å². The molecule has 2 N–H and O–H groups in total. The van der Waals surface area contributed by atoms with Crippen molar-refractivity contribution in [1.82, 2.24) is 39.3 Å². The predicted octanol–water partition coefficient (Wildman–Crippen LogP) is 1.94. The lowest BCUT2D eigenvalue weighted by Gasteiger charge is -2.35. The number of methoxy groups -OCH3 is 1. The van der Waals surface area contributed by atoms with Gasteiger partial charge in [-0.15, -0.1) is 0 Å². The van der Waals surface area contributed by atoms with Gasteiger partial charge in [-0.1, -0.05) is 0 Å². The minimum atomic E-state index is -0.185. The van der Waals surface area contributed by atoms with Crippen molar-refractivity contribution in [1.29, 1.82) is 0 Å². The highest BCUT2D eigenvalue weighted by atomic mass is 16.5. The number of hydrogen-bond donors (Lipinski definition) is 2. The Balaban J connectivity index is 1.34. The molecule has 4 aromatic heterocycles. The summed E-state index contributed by atoms with van der Waals surface area (Å²) in [4.78, 5) is 27.7. The maximum Gasteiger partial charge on any atom is 0.257 e. The van der Waals surface area contributed by atoms with Crippen LogP contribution in [0.4, 0.5) is 5.82 Å². The molecule has 0 unspecified atom stereocenters. The van der Waals surface area contributed by atoms with Gasteiger partial charge in [0.1, 0.15) is 17.0 Å². The molecule has 1 aliphatic carbocycles. The van der Waals surface area contributed by atoms with Gasteiger partial charge in [0.15, 0.2) is 5.65 Å². The molecule has 0 radical (unpaired) electrons. The van der Waals surface area contributed by atoms with Crippen molar-refractivity contribution in [3.63, 3.8) is 0 Å². The highest BCUT2D eigenvalue weighted by Gasteiger charge is 2.33. The summed E-state index contributed by atoms with van der Waals surface area (Å²) in [6, 6.07) is 6.02. The number of nitrogens with one attached hydrogen (secondary N) is 2. The van der Waals surface area contributed by atoms with Gasteiger partial charge in [-0.05, 0) is 32.0 Å². The van der Waals surface area contributed by atoms with Gasteiger partial charge < -0.3 is 24.8 Å². The minimum absolute atomic E-state index is 0.0127. The smallest absolute Gasteiger partial charge is 0.257 e. The Labute approximate surface area is 221 Å². The van der Waals surface area contributed by atoms with E-state index in [4.69, 9.17) is 14.7 Å². The largest absolute Gasteiger partial charge is 0.379 e. The Hall–Kier alpha value is -3.54. The molecular formula is C27H35N9O2. The Morgan fingerprint density at radius 2 is 2.00 bits per heavy atom. The number of ether oxygens (including phenoxy) is 1. The van der Waals surface area contributed by atoms with Crippen LogP contribution in [-0.2, 0) is 11.3 Å². The van der Waals surface area contributed by atoms with E-state index in [1.54, 1.807) is 17.8 Å². The van der Waals surface area contributed by atoms with Crippen molar-refractivity contribution in [2.75, 3.05) is 59.2 Å². The summed E-state index contributed by atoms with van der Waals surface area (Å²) >= 11 is 0. The average Bonchev–Trinajstić information content (AvgIpc) is 3.52. The molecule has 6 rings (SSSR count). The molecule has 0 spiro atoms. The zero-order chi connectivity index (χ0) is 26.2. The number of amides is 1. The number of rotatable bonds is 8. The lowest BCUT2D eigenvalue weighted by Crippen LogP contribution is -2.51. The molecule has 5 heterocycles. The lowest BCUT2D eigenvalue weighted by atomic mass is 9.89. The molecule has 0 aromatic carbocycles. The molecule has 2 atom stereocenters. The zero-order valence-electron chi connectivity index (χ0n) is 22.2. The third kappa shape index (κ3) is 4.50. The van der Waals surface area contributed by atoms with Crippen molar-refractivity contribution in [3.8, 4) is 11.3 Å². The normalized spacial score (nSPS) is 20.6. The van der Waals surface area contributed by atoms with E-state index in [2.05, 4.69) is 49.4 Å². The highest BCUT2D eigenvalue weighted by Crippen LogP contribution is 2.31. The second-order valence-electron chi connectivity index (χ2n) is 10.3. The molecule has 1 aliphatic heterocycles. The fourth-order valence-corrected chi connectivity index (χ4v) is 5.42. The first-order valence-electron chi connectivity index (χ1n) is 13.3. The van der Waals surface area contributed by atoms with Crippen molar-refractivity contribution in [2.45, 2.75) is 31.5 Å². The average molecular weight is 518 g/mol. The molecule has 11 heteroatoms. The molecule has 38 heavy (non-hydrogen) atoms. The Bertz CT molecular complexity index is 1450. The molecule has 1 saturated carbocycles. The quantitative estimate of drug-likeness (QED) is 0.366. The molecule has 4 aromatic rings. The van der Waals surface area contributed by atoms with Gasteiger partial charge in [0.25, 0.3) is 5.91 Å². The molecule has 1 saturated heterocycles. The van der Waals surface area contributed by atoms with E-state index >= 15 is 0 Å². The summed E-state index contributed by atoms with van der Waals surface area (Å²) in [5.74, 6) is 0.569. The van der Waals surface area contributed by atoms with Crippen molar-refractivity contribution >= 4 is 28.4 Å². The van der Waals surface area contributed by atoms with Gasteiger partial charge >= 0.3 is 0 Å². The second-order valence-corrected chi connectivity index (χ2v) is 10.3. The summed E-state index contributed by atoms with van der Waals surface area (Å²) in [6.45, 7) is 6.18. The second kappa shape index (κ2) is 10.3. The van der Waals surface area contributed by atoms with Crippen LogP contribution in [0.1, 0.15) is 23.2 Å². The minimum Gasteiger partial charge on any atom is -0.379 e. The number of nitrogens with zero attached hydrogens (tertiary/aromatic N) is 7. The van der Waals surface area contributed by atoms with Crippen LogP contribution >= 0.6 is 0 Å². The van der Waals surface area contributed by atoms with Crippen LogP contribution in [0.5, 0.6) is 0 Å². The Morgan fingerprint density at radius 1 is 1.16 bits per heavy atom. The van der Waals surface area contributed by atoms with E-state index in [1.807, 2.05) is 25.4 Å². The third-order valence-corrected chi connectivity index (χ3v) is 7.97. The summed E-state index contributed by atoms with van der Waals surface area (Å²) < 4.78 is 9.35. The SMILES string of the molecule is CNc1cc(-c2cn(CCN3CCN(C)CC3)c3ncccc23)nc2c(C(=O)N[C@H]3CC[C@@H]3OC)cnn12. The number of aromatic nitrogens is 5. The van der Waals surface area contributed by atoms with Gasteiger partial charge in [0, 0.05) is 82.8 Å². The maximum absolute atomic E-state index is 13.2. The van der Waals surface area contributed by atoms with Crippen molar-refractivity contribution in [3.05, 3.63) is 42.4 Å². The van der Waals surface area contributed by atoms with E-state index in [-0.39, 0.29) is 18.1 Å². The number of carbonyl (C=O) groups is 1. The molecule has 200 valence electrons. The van der Waals surface area contributed by atoms with E-state index in [1.165, 1.54) is 0 Å². The molecule has 2 aliphatic rings. The first kappa shape index (κ1) is 24.8. The monoisotopic (exact) mass is 517 g/mol. The zero-order valence-corrected chi connectivity index (χ0v) is 22.2. The lowest BCUT2D eigenvalue weighted by molar-refractivity contribution is 0.00732. The first-order valence-corrected chi connectivity index (χ1v) is 13.3. The molecule has 0 bridgehead atoms. The summed E-state index contributed by atoms with van der Waals surface area (Å²) in [5.41, 5.74) is 3.65. The fourth-order valence-electron chi connectivity index (χ4n) is 5.42. The highest BCUT2D eigenvalue weighted by molar-refractivity contribution is 6.01. The predicted molar refractivity (Wildman–Crippen MR) is 146 cm³/mol. The maximum atomic E-state index is 13.2. The number of pyridine rings is 1. The number of piperazine rings is 1. The summed E-state index contributed by atoms with van der Waals surface area (Å²) in [5, 5.41) is 11.8. The van der Waals surface area contributed by atoms with Crippen LogP contribution in [0, 0.1) is 0 Å². The van der Waals surface area contributed by atoms with Crippen LogP contribution in [0.2, 0.25) is 0 Å². The van der Waals surface area contributed by atoms with E-state index < -0.39 is 0 Å². The Kier molecular flexibility index (Phi) is 6.73. The van der Waals surface area contributed by atoms with Crippen LogP contribution in [0.15, 0.2) is 36.8 Å². The van der Waals surface area contributed by atoms with Gasteiger partial charge in [0.05, 0.1) is 24.0 Å². The van der Waals surface area contributed by atoms with E-state index in [9.17, 15) is 4.79 Å². The number of anilines is 1. The molecular weight excluding hydrogens is 482 g/mol. The summed E-state index contributed by atoms with van der Waals surface area (Å²) in [6.07, 6.45) is 7.48. The van der Waals surface area contributed by atoms with E-state index in [0.717, 1.165) is 80.2 Å². The summed E-state index contributed by atoms with van der Waals surface area (Å²) in [7, 11) is 5.70. The van der Waals surface area contributed by atoms with Crippen LogP contribution in [0.3, 0.4) is 0 Å². The fraction of sp³-hybridized carbons (Fsp3) is 0.481. The molecule has 1 amide bonds. The standard InChI is InChI=1S/C27H35N9O2/c1-28-24-15-22(31-26-19(16-30-36(24)26)27(37)32-21-6-7-23(21)38-3)20-17-35(25-18(20)5-4-8-29-25)14-13-34-11-9-33(2)10-12-34/h4-5,8,15-17,21,23,28H,6-7,9-14H2,1-3H3,(H,32,37)/t21-,23-/m0/s1. The number of fused-ring (bicyclic) bond motifs is 2. The number of hydrogen-bond acceptors (Lipinski definition) is 8. The molecule has 11 nitrogen and oxygen atoms in total. The van der Waals surface area contributed by atoms with Gasteiger partial charge in [0.2, 0.25) is 0 Å². The third-order valence-electron chi connectivity index (χ3n) is 7.97. The topological polar surface area (TPSA) is 105 Å². The molecule has 2 fully saturated rings. The van der Waals surface area contributed by atoms with Crippen LogP contribution in [-0.4, -0.2) is 106 Å². The van der Waals surface area contributed by atoms with E-state index in [0.29, 0.717) is 11.2 Å². The van der Waals surface area contributed by atoms with Crippen LogP contribution in [0.25, 0.3) is 27.9 Å². The number of carbonyl (C=O) groups excluding carboxylic acids is 1. The Morgan fingerprint density at radius 3 is 2.74 bits per heavy atom. The van der Waals surface area contributed by atoms with Gasteiger partial charge in [-0.3, -0.25) is 9.69 Å². The van der Waals surface area contributed by atoms with Crippen LogP contribution < -0.4 is 10.6 Å². The number of likely N-dealkylation sites (N-methyl/N-ethyl adjacent to an activating group) is 1. The first-order chi connectivity index (χ1) is 18.6.